The summed E-state index contributed by atoms with van der Waals surface area (Å²) in [5, 5.41) is 0.650. The number of hydrogen-bond donors (Lipinski definition) is 1. The van der Waals surface area contributed by atoms with Gasteiger partial charge in [0, 0.05) is 35.4 Å². The fourth-order valence-corrected chi connectivity index (χ4v) is 2.54. The van der Waals surface area contributed by atoms with Crippen molar-refractivity contribution in [3.63, 3.8) is 0 Å². The maximum absolute atomic E-state index is 6.09. The highest BCUT2D eigenvalue weighted by molar-refractivity contribution is 7.80. The molecule has 0 atom stereocenters. The predicted molar refractivity (Wildman–Crippen MR) is 92.4 cm³/mol. The van der Waals surface area contributed by atoms with Gasteiger partial charge in [0.05, 0.1) is 7.11 Å². The average Bonchev–Trinajstić information content (AvgIpc) is 2.47. The molecule has 110 valence electrons. The highest BCUT2D eigenvalue weighted by Gasteiger charge is 2.12. The second-order valence-corrected chi connectivity index (χ2v) is 5.57. The average molecular weight is 321 g/mol. The number of para-hydroxylation sites is 1. The summed E-state index contributed by atoms with van der Waals surface area (Å²) in [6.07, 6.45) is 0. The number of hydrogen-bond acceptors (Lipinski definition) is 3. The number of anilines is 1. The van der Waals surface area contributed by atoms with Crippen LogP contribution in [-0.2, 0) is 6.54 Å². The van der Waals surface area contributed by atoms with E-state index < -0.39 is 0 Å². The Balaban J connectivity index is 2.34. The quantitative estimate of drug-likeness (QED) is 0.854. The maximum Gasteiger partial charge on any atom is 0.123 e. The molecule has 0 spiro atoms. The van der Waals surface area contributed by atoms with Crippen molar-refractivity contribution in [2.45, 2.75) is 6.54 Å². The highest BCUT2D eigenvalue weighted by atomic mass is 35.5. The van der Waals surface area contributed by atoms with E-state index in [0.717, 1.165) is 22.6 Å². The number of methoxy groups -OCH3 is 1. The van der Waals surface area contributed by atoms with Gasteiger partial charge >= 0.3 is 0 Å². The van der Waals surface area contributed by atoms with E-state index in [1.54, 1.807) is 13.2 Å². The number of halogens is 1. The molecule has 0 fully saturated rings. The predicted octanol–water partition coefficient (Wildman–Crippen LogP) is 3.62. The zero-order chi connectivity index (χ0) is 15.4. The Morgan fingerprint density at radius 2 is 2.00 bits per heavy atom. The molecule has 0 aliphatic heterocycles. The lowest BCUT2D eigenvalue weighted by Crippen LogP contribution is -2.21. The van der Waals surface area contributed by atoms with Crippen molar-refractivity contribution in [2.24, 2.45) is 5.73 Å². The normalized spacial score (nSPS) is 10.2. The van der Waals surface area contributed by atoms with Crippen LogP contribution in [0.2, 0.25) is 5.02 Å². The van der Waals surface area contributed by atoms with Crippen LogP contribution in [0, 0.1) is 0 Å². The summed E-state index contributed by atoms with van der Waals surface area (Å²) in [7, 11) is 3.64. The van der Waals surface area contributed by atoms with Crippen LogP contribution >= 0.6 is 23.8 Å². The number of thiocarbonyl (C=S) groups is 1. The number of rotatable bonds is 5. The first-order valence-electron chi connectivity index (χ1n) is 6.45. The standard InChI is InChI=1S/C16H17ClN2OS/c1-19(10-11-5-3-4-6-15(11)20-2)14-9-12(17)7-8-13(14)16(18)21/h3-9H,10H2,1-2H3,(H2,18,21). The van der Waals surface area contributed by atoms with Crippen molar-refractivity contribution in [3.8, 4) is 5.75 Å². The molecule has 0 bridgehead atoms. The molecule has 0 unspecified atom stereocenters. The van der Waals surface area contributed by atoms with Gasteiger partial charge in [-0.05, 0) is 24.3 Å². The second-order valence-electron chi connectivity index (χ2n) is 4.69. The summed E-state index contributed by atoms with van der Waals surface area (Å²) >= 11 is 11.2. The van der Waals surface area contributed by atoms with Gasteiger partial charge in [-0.25, -0.2) is 0 Å². The molecular weight excluding hydrogens is 304 g/mol. The Bertz CT molecular complexity index is 660. The number of ether oxygens (including phenoxy) is 1. The third-order valence-electron chi connectivity index (χ3n) is 3.24. The third-order valence-corrected chi connectivity index (χ3v) is 3.69. The molecule has 0 saturated heterocycles. The number of nitrogens with two attached hydrogens (primary N) is 1. The van der Waals surface area contributed by atoms with E-state index in [-0.39, 0.29) is 0 Å². The molecule has 2 aromatic carbocycles. The van der Waals surface area contributed by atoms with Crippen LogP contribution < -0.4 is 15.4 Å². The van der Waals surface area contributed by atoms with Gasteiger partial charge in [-0.1, -0.05) is 42.0 Å². The van der Waals surface area contributed by atoms with Crippen molar-refractivity contribution >= 4 is 34.5 Å². The molecule has 0 aliphatic rings. The van der Waals surface area contributed by atoms with Crippen LogP contribution in [0.4, 0.5) is 5.69 Å². The minimum Gasteiger partial charge on any atom is -0.496 e. The molecule has 2 aromatic rings. The van der Waals surface area contributed by atoms with Crippen LogP contribution in [0.25, 0.3) is 0 Å². The maximum atomic E-state index is 6.09. The molecule has 0 radical (unpaired) electrons. The molecule has 5 heteroatoms. The van der Waals surface area contributed by atoms with Crippen molar-refractivity contribution in [1.29, 1.82) is 0 Å². The summed E-state index contributed by atoms with van der Waals surface area (Å²) in [5.74, 6) is 0.850. The molecule has 2 N–H and O–H groups in total. The van der Waals surface area contributed by atoms with Crippen molar-refractivity contribution in [3.05, 3.63) is 58.6 Å². The summed E-state index contributed by atoms with van der Waals surface area (Å²) in [4.78, 5) is 2.41. The molecule has 21 heavy (non-hydrogen) atoms. The van der Waals surface area contributed by atoms with E-state index in [2.05, 4.69) is 4.90 Å². The largest absolute Gasteiger partial charge is 0.496 e. The van der Waals surface area contributed by atoms with E-state index in [4.69, 9.17) is 34.3 Å². The number of benzene rings is 2. The first-order chi connectivity index (χ1) is 10.0. The van der Waals surface area contributed by atoms with E-state index in [0.29, 0.717) is 16.6 Å². The van der Waals surface area contributed by atoms with Crippen LogP contribution in [0.3, 0.4) is 0 Å². The highest BCUT2D eigenvalue weighted by Crippen LogP contribution is 2.27. The first kappa shape index (κ1) is 15.6. The van der Waals surface area contributed by atoms with E-state index in [9.17, 15) is 0 Å². The third kappa shape index (κ3) is 3.65. The lowest BCUT2D eigenvalue weighted by atomic mass is 10.1. The summed E-state index contributed by atoms with van der Waals surface area (Å²) < 4.78 is 5.38. The lowest BCUT2D eigenvalue weighted by Gasteiger charge is -2.23. The molecule has 0 amide bonds. The summed E-state index contributed by atoms with van der Waals surface area (Å²) in [6, 6.07) is 13.4. The molecule has 0 saturated carbocycles. The van der Waals surface area contributed by atoms with Gasteiger partial charge in [-0.2, -0.15) is 0 Å². The molecule has 0 aromatic heterocycles. The van der Waals surface area contributed by atoms with Gasteiger partial charge in [0.2, 0.25) is 0 Å². The molecule has 2 rings (SSSR count). The van der Waals surface area contributed by atoms with Crippen LogP contribution in [-0.4, -0.2) is 19.1 Å². The van der Waals surface area contributed by atoms with E-state index in [1.807, 2.05) is 43.4 Å². The van der Waals surface area contributed by atoms with Gasteiger partial charge < -0.3 is 15.4 Å². The Hall–Kier alpha value is -1.78. The fraction of sp³-hybridized carbons (Fsp3) is 0.188. The van der Waals surface area contributed by atoms with Crippen LogP contribution in [0.15, 0.2) is 42.5 Å². The zero-order valence-electron chi connectivity index (χ0n) is 12.0. The first-order valence-corrected chi connectivity index (χ1v) is 7.24. The second kappa shape index (κ2) is 6.78. The van der Waals surface area contributed by atoms with Crippen molar-refractivity contribution in [2.75, 3.05) is 19.1 Å². The fourth-order valence-electron chi connectivity index (χ4n) is 2.20. The lowest BCUT2D eigenvalue weighted by molar-refractivity contribution is 0.409. The summed E-state index contributed by atoms with van der Waals surface area (Å²) in [5.41, 5.74) is 8.58. The van der Waals surface area contributed by atoms with Gasteiger partial charge in [-0.15, -0.1) is 0 Å². The van der Waals surface area contributed by atoms with Gasteiger partial charge in [-0.3, -0.25) is 0 Å². The molecule has 0 aliphatic carbocycles. The molecule has 3 nitrogen and oxygen atoms in total. The molecular formula is C16H17ClN2OS. The molecule has 0 heterocycles. The van der Waals surface area contributed by atoms with Gasteiger partial charge in [0.1, 0.15) is 10.7 Å². The topological polar surface area (TPSA) is 38.5 Å². The number of nitrogens with zero attached hydrogens (tertiary/aromatic N) is 1. The SMILES string of the molecule is COc1ccccc1CN(C)c1cc(Cl)ccc1C(N)=S. The minimum absolute atomic E-state index is 0.355. The Morgan fingerprint density at radius 1 is 1.29 bits per heavy atom. The van der Waals surface area contributed by atoms with E-state index in [1.165, 1.54) is 0 Å². The minimum atomic E-state index is 0.355. The van der Waals surface area contributed by atoms with Crippen LogP contribution in [0.1, 0.15) is 11.1 Å². The van der Waals surface area contributed by atoms with Crippen molar-refractivity contribution < 1.29 is 4.74 Å². The van der Waals surface area contributed by atoms with Gasteiger partial charge in [0.15, 0.2) is 0 Å². The Labute approximate surface area is 135 Å². The smallest absolute Gasteiger partial charge is 0.123 e. The zero-order valence-corrected chi connectivity index (χ0v) is 13.5. The van der Waals surface area contributed by atoms with Crippen LogP contribution in [0.5, 0.6) is 5.75 Å². The summed E-state index contributed by atoms with van der Waals surface area (Å²) in [6.45, 7) is 0.667. The Morgan fingerprint density at radius 3 is 2.67 bits per heavy atom. The monoisotopic (exact) mass is 320 g/mol. The van der Waals surface area contributed by atoms with Crippen molar-refractivity contribution in [1.82, 2.24) is 0 Å². The Kier molecular flexibility index (Phi) is 5.04. The van der Waals surface area contributed by atoms with E-state index >= 15 is 0 Å². The van der Waals surface area contributed by atoms with Gasteiger partial charge in [0.25, 0.3) is 0 Å².